The first kappa shape index (κ1) is 17.9. The predicted octanol–water partition coefficient (Wildman–Crippen LogP) is 4.62. The Bertz CT molecular complexity index is 958. The van der Waals surface area contributed by atoms with Gasteiger partial charge in [-0.2, -0.15) is 0 Å². The van der Waals surface area contributed by atoms with E-state index in [1.807, 2.05) is 24.3 Å². The first-order chi connectivity index (χ1) is 13.2. The molecule has 1 heterocycles. The van der Waals surface area contributed by atoms with Crippen LogP contribution in [0.1, 0.15) is 46.7 Å². The molecule has 2 N–H and O–H groups in total. The van der Waals surface area contributed by atoms with E-state index in [9.17, 15) is 9.90 Å². The summed E-state index contributed by atoms with van der Waals surface area (Å²) in [6, 6.07) is 16.6. The number of rotatable bonds is 6. The Morgan fingerprint density at radius 2 is 1.96 bits per heavy atom. The molecule has 1 atom stereocenters. The summed E-state index contributed by atoms with van der Waals surface area (Å²) in [5, 5.41) is 9.69. The third-order valence-electron chi connectivity index (χ3n) is 5.22. The molecule has 0 bridgehead atoms. The molecule has 2 aromatic carbocycles. The van der Waals surface area contributed by atoms with Crippen molar-refractivity contribution in [3.8, 4) is 11.6 Å². The molecule has 0 saturated carbocycles. The summed E-state index contributed by atoms with van der Waals surface area (Å²) in [4.78, 5) is 14.1. The zero-order valence-corrected chi connectivity index (χ0v) is 15.9. The van der Waals surface area contributed by atoms with Crippen molar-refractivity contribution in [2.24, 2.45) is 0 Å². The van der Waals surface area contributed by atoms with Crippen LogP contribution in [0.5, 0.6) is 11.6 Å². The van der Waals surface area contributed by atoms with E-state index in [0.29, 0.717) is 23.8 Å². The van der Waals surface area contributed by atoms with Gasteiger partial charge in [0.25, 0.3) is 0 Å². The molecule has 140 valence electrons. The highest BCUT2D eigenvalue weighted by atomic mass is 32.1. The first-order valence-corrected chi connectivity index (χ1v) is 10.2. The van der Waals surface area contributed by atoms with Gasteiger partial charge in [-0.15, -0.1) is 0 Å². The lowest BCUT2D eigenvalue weighted by Gasteiger charge is -2.25. The molecule has 0 saturated heterocycles. The molecule has 0 radical (unpaired) electrons. The average molecular weight is 381 g/mol. The van der Waals surface area contributed by atoms with Crippen molar-refractivity contribution in [2.45, 2.75) is 38.0 Å². The largest absolute Gasteiger partial charge is 0.494 e. The molecule has 27 heavy (non-hydrogen) atoms. The fraction of sp³-hybridized carbons (Fsp3) is 0.318. The number of aromatic nitrogens is 1. The molecule has 1 unspecified atom stereocenters. The minimum absolute atomic E-state index is 0.0295. The Kier molecular flexibility index (Phi) is 5.30. The Hall–Kier alpha value is -2.53. The van der Waals surface area contributed by atoms with Gasteiger partial charge in [0.05, 0.1) is 11.5 Å². The molecule has 1 aromatic heterocycles. The maximum Gasteiger partial charge on any atom is 0.307 e. The Balaban J connectivity index is 1.32. The third kappa shape index (κ3) is 4.25. The maximum atomic E-state index is 11.3. The normalized spacial score (nSPS) is 16.1. The SMILES string of the molecule is O=c1[nH]c(O)c(Cc2ccc(OCCC3CCCc4ccccc43)cc2)s1. The van der Waals surface area contributed by atoms with Crippen LogP contribution in [0.4, 0.5) is 0 Å². The highest BCUT2D eigenvalue weighted by Gasteiger charge is 2.19. The summed E-state index contributed by atoms with van der Waals surface area (Å²) in [5.74, 6) is 1.42. The average Bonchev–Trinajstić information content (AvgIpc) is 3.00. The van der Waals surface area contributed by atoms with Crippen molar-refractivity contribution in [3.63, 3.8) is 0 Å². The number of ether oxygens (including phenoxy) is 1. The Labute approximate surface area is 162 Å². The van der Waals surface area contributed by atoms with E-state index in [-0.39, 0.29) is 10.8 Å². The van der Waals surface area contributed by atoms with Crippen LogP contribution in [-0.2, 0) is 12.8 Å². The van der Waals surface area contributed by atoms with E-state index in [1.54, 1.807) is 0 Å². The molecule has 0 amide bonds. The summed E-state index contributed by atoms with van der Waals surface area (Å²) in [6.07, 6.45) is 5.26. The smallest absolute Gasteiger partial charge is 0.307 e. The zero-order valence-electron chi connectivity index (χ0n) is 15.1. The molecular formula is C22H23NO3S. The molecule has 4 nitrogen and oxygen atoms in total. The van der Waals surface area contributed by atoms with Gasteiger partial charge in [0.1, 0.15) is 5.75 Å². The first-order valence-electron chi connectivity index (χ1n) is 9.39. The summed E-state index contributed by atoms with van der Waals surface area (Å²) < 4.78 is 5.95. The molecule has 1 aliphatic rings. The number of benzene rings is 2. The quantitative estimate of drug-likeness (QED) is 0.655. The van der Waals surface area contributed by atoms with E-state index in [4.69, 9.17) is 4.74 Å². The van der Waals surface area contributed by atoms with Crippen molar-refractivity contribution in [2.75, 3.05) is 6.61 Å². The fourth-order valence-electron chi connectivity index (χ4n) is 3.83. The lowest BCUT2D eigenvalue weighted by molar-refractivity contribution is 0.291. The third-order valence-corrected chi connectivity index (χ3v) is 6.09. The van der Waals surface area contributed by atoms with Crippen LogP contribution in [-0.4, -0.2) is 16.7 Å². The van der Waals surface area contributed by atoms with E-state index >= 15 is 0 Å². The van der Waals surface area contributed by atoms with Crippen molar-refractivity contribution in [1.82, 2.24) is 4.98 Å². The van der Waals surface area contributed by atoms with Gasteiger partial charge in [0, 0.05) is 6.42 Å². The van der Waals surface area contributed by atoms with E-state index in [1.165, 1.54) is 30.4 Å². The second-order valence-corrected chi connectivity index (χ2v) is 8.10. The van der Waals surface area contributed by atoms with Gasteiger partial charge < -0.3 is 9.84 Å². The molecule has 0 spiro atoms. The van der Waals surface area contributed by atoms with Crippen LogP contribution in [0.25, 0.3) is 0 Å². The maximum absolute atomic E-state index is 11.3. The minimum atomic E-state index is -0.230. The van der Waals surface area contributed by atoms with Crippen LogP contribution < -0.4 is 9.61 Å². The highest BCUT2D eigenvalue weighted by Crippen LogP contribution is 2.33. The molecule has 3 aromatic rings. The van der Waals surface area contributed by atoms with Crippen LogP contribution in [0.15, 0.2) is 53.3 Å². The number of aromatic amines is 1. The van der Waals surface area contributed by atoms with Gasteiger partial charge in [0.15, 0.2) is 0 Å². The number of nitrogens with one attached hydrogen (secondary N) is 1. The van der Waals surface area contributed by atoms with Crippen LogP contribution in [0.2, 0.25) is 0 Å². The van der Waals surface area contributed by atoms with Crippen LogP contribution >= 0.6 is 11.3 Å². The van der Waals surface area contributed by atoms with Gasteiger partial charge in [-0.3, -0.25) is 9.78 Å². The molecule has 0 aliphatic heterocycles. The van der Waals surface area contributed by atoms with Crippen molar-refractivity contribution < 1.29 is 9.84 Å². The number of aromatic hydroxyl groups is 1. The van der Waals surface area contributed by atoms with Crippen molar-refractivity contribution in [3.05, 3.63) is 79.8 Å². The van der Waals surface area contributed by atoms with Gasteiger partial charge in [-0.05, 0) is 60.4 Å². The zero-order chi connectivity index (χ0) is 18.6. The summed E-state index contributed by atoms with van der Waals surface area (Å²) >= 11 is 1.05. The predicted molar refractivity (Wildman–Crippen MR) is 108 cm³/mol. The number of thiazole rings is 1. The number of fused-ring (bicyclic) bond motifs is 1. The lowest BCUT2D eigenvalue weighted by Crippen LogP contribution is -2.12. The molecule has 4 rings (SSSR count). The standard InChI is InChI=1S/C22H23NO3S/c24-21-20(27-22(25)23-21)14-15-8-10-18(11-9-15)26-13-12-17-6-3-5-16-4-1-2-7-19(16)17/h1-2,4,7-11,17,24H,3,5-6,12-14H2,(H,23,25). The van der Waals surface area contributed by atoms with E-state index in [0.717, 1.165) is 29.1 Å². The molecular weight excluding hydrogens is 358 g/mol. The van der Waals surface area contributed by atoms with Gasteiger partial charge >= 0.3 is 4.87 Å². The second kappa shape index (κ2) is 8.01. The summed E-state index contributed by atoms with van der Waals surface area (Å²) in [6.45, 7) is 0.707. The van der Waals surface area contributed by atoms with E-state index < -0.39 is 0 Å². The molecule has 5 heteroatoms. The molecule has 0 fully saturated rings. The summed E-state index contributed by atoms with van der Waals surface area (Å²) in [5.41, 5.74) is 4.02. The molecule has 1 aliphatic carbocycles. The number of hydrogen-bond acceptors (Lipinski definition) is 4. The Morgan fingerprint density at radius 3 is 2.74 bits per heavy atom. The number of H-pyrrole nitrogens is 1. The topological polar surface area (TPSA) is 62.3 Å². The van der Waals surface area contributed by atoms with Gasteiger partial charge in [0.2, 0.25) is 5.88 Å². The second-order valence-electron chi connectivity index (χ2n) is 7.03. The number of aryl methyl sites for hydroxylation is 1. The van der Waals surface area contributed by atoms with Gasteiger partial charge in [-0.1, -0.05) is 47.7 Å². The minimum Gasteiger partial charge on any atom is -0.494 e. The summed E-state index contributed by atoms with van der Waals surface area (Å²) in [7, 11) is 0. The van der Waals surface area contributed by atoms with Gasteiger partial charge in [-0.25, -0.2) is 0 Å². The van der Waals surface area contributed by atoms with Crippen molar-refractivity contribution >= 4 is 11.3 Å². The van der Waals surface area contributed by atoms with Crippen LogP contribution in [0, 0.1) is 0 Å². The fourth-order valence-corrected chi connectivity index (χ4v) is 4.59. The lowest BCUT2D eigenvalue weighted by atomic mass is 9.81. The van der Waals surface area contributed by atoms with Crippen molar-refractivity contribution in [1.29, 1.82) is 0 Å². The Morgan fingerprint density at radius 1 is 1.15 bits per heavy atom. The number of hydrogen-bond donors (Lipinski definition) is 2. The monoisotopic (exact) mass is 381 g/mol. The van der Waals surface area contributed by atoms with E-state index in [2.05, 4.69) is 29.2 Å². The highest BCUT2D eigenvalue weighted by molar-refractivity contribution is 7.09. The van der Waals surface area contributed by atoms with Crippen LogP contribution in [0.3, 0.4) is 0 Å².